The normalized spacial score (nSPS) is 14.8. The average molecular weight is 379 g/mol. The lowest BCUT2D eigenvalue weighted by atomic mass is 9.95. The van der Waals surface area contributed by atoms with Crippen LogP contribution in [0.4, 0.5) is 5.69 Å². The summed E-state index contributed by atoms with van der Waals surface area (Å²) in [6.45, 7) is 2.77. The SMILES string of the molecule is Cc1ocnc1C(=O)N1CCC(C(=O)Nc2cccc(-c3ccco3)c2)CC1. The first-order valence-corrected chi connectivity index (χ1v) is 9.26. The van der Waals surface area contributed by atoms with E-state index in [1.165, 1.54) is 6.39 Å². The van der Waals surface area contributed by atoms with E-state index in [9.17, 15) is 9.59 Å². The van der Waals surface area contributed by atoms with Crippen LogP contribution in [0.1, 0.15) is 29.1 Å². The van der Waals surface area contributed by atoms with Crippen LogP contribution in [-0.4, -0.2) is 34.8 Å². The van der Waals surface area contributed by atoms with Crippen LogP contribution in [0.2, 0.25) is 0 Å². The number of nitrogens with one attached hydrogen (secondary N) is 1. The van der Waals surface area contributed by atoms with Crippen molar-refractivity contribution in [2.24, 2.45) is 5.92 Å². The molecule has 1 fully saturated rings. The number of benzene rings is 1. The number of amides is 2. The molecule has 4 rings (SSSR count). The molecule has 0 atom stereocenters. The Morgan fingerprint density at radius 1 is 1.14 bits per heavy atom. The van der Waals surface area contributed by atoms with Gasteiger partial charge < -0.3 is 19.1 Å². The summed E-state index contributed by atoms with van der Waals surface area (Å²) in [6, 6.07) is 11.3. The molecule has 1 aliphatic rings. The third-order valence-corrected chi connectivity index (χ3v) is 5.04. The van der Waals surface area contributed by atoms with E-state index in [1.807, 2.05) is 36.4 Å². The van der Waals surface area contributed by atoms with Gasteiger partial charge in [0.05, 0.1) is 6.26 Å². The lowest BCUT2D eigenvalue weighted by Crippen LogP contribution is -2.41. The molecule has 0 saturated carbocycles. The van der Waals surface area contributed by atoms with Crippen LogP contribution in [-0.2, 0) is 4.79 Å². The predicted octanol–water partition coefficient (Wildman–Crippen LogP) is 3.73. The quantitative estimate of drug-likeness (QED) is 0.746. The largest absolute Gasteiger partial charge is 0.464 e. The molecule has 0 radical (unpaired) electrons. The van der Waals surface area contributed by atoms with Crippen LogP contribution in [0.25, 0.3) is 11.3 Å². The van der Waals surface area contributed by atoms with Gasteiger partial charge in [0.1, 0.15) is 11.5 Å². The minimum Gasteiger partial charge on any atom is -0.464 e. The van der Waals surface area contributed by atoms with Gasteiger partial charge in [-0.15, -0.1) is 0 Å². The molecule has 1 aliphatic heterocycles. The van der Waals surface area contributed by atoms with Crippen LogP contribution in [0.5, 0.6) is 0 Å². The lowest BCUT2D eigenvalue weighted by molar-refractivity contribution is -0.121. The van der Waals surface area contributed by atoms with Gasteiger partial charge in [0, 0.05) is 30.3 Å². The lowest BCUT2D eigenvalue weighted by Gasteiger charge is -2.31. The molecule has 2 aromatic heterocycles. The van der Waals surface area contributed by atoms with Crippen molar-refractivity contribution in [3.8, 4) is 11.3 Å². The third kappa shape index (κ3) is 3.69. The van der Waals surface area contributed by atoms with Gasteiger partial charge in [0.25, 0.3) is 5.91 Å². The fraction of sp³-hybridized carbons (Fsp3) is 0.286. The molecule has 0 spiro atoms. The Labute approximate surface area is 162 Å². The standard InChI is InChI=1S/C21H21N3O4/c1-14-19(22-13-28-14)21(26)24-9-7-15(8-10-24)20(25)23-17-5-2-4-16(12-17)18-6-3-11-27-18/h2-6,11-13,15H,7-10H2,1H3,(H,23,25). The van der Waals surface area contributed by atoms with Crippen molar-refractivity contribution >= 4 is 17.5 Å². The molecule has 2 amide bonds. The van der Waals surface area contributed by atoms with Gasteiger partial charge in [-0.05, 0) is 44.0 Å². The van der Waals surface area contributed by atoms with Crippen LogP contribution in [0.3, 0.4) is 0 Å². The fourth-order valence-electron chi connectivity index (χ4n) is 3.44. The van der Waals surface area contributed by atoms with Gasteiger partial charge in [-0.2, -0.15) is 0 Å². The van der Waals surface area contributed by atoms with Gasteiger partial charge in [0.2, 0.25) is 5.91 Å². The minimum absolute atomic E-state index is 0.0266. The summed E-state index contributed by atoms with van der Waals surface area (Å²) in [4.78, 5) is 30.9. The van der Waals surface area contributed by atoms with E-state index in [0.717, 1.165) is 17.0 Å². The predicted molar refractivity (Wildman–Crippen MR) is 103 cm³/mol. The molecule has 7 heteroatoms. The highest BCUT2D eigenvalue weighted by atomic mass is 16.3. The Morgan fingerprint density at radius 3 is 2.64 bits per heavy atom. The number of likely N-dealkylation sites (tertiary alicyclic amines) is 1. The molecule has 144 valence electrons. The summed E-state index contributed by atoms with van der Waals surface area (Å²) in [7, 11) is 0. The van der Waals surface area contributed by atoms with Gasteiger partial charge in [-0.25, -0.2) is 4.98 Å². The van der Waals surface area contributed by atoms with Gasteiger partial charge in [-0.3, -0.25) is 9.59 Å². The number of hydrogen-bond donors (Lipinski definition) is 1. The van der Waals surface area contributed by atoms with Crippen molar-refractivity contribution in [2.45, 2.75) is 19.8 Å². The number of aryl methyl sites for hydroxylation is 1. The van der Waals surface area contributed by atoms with Crippen LogP contribution in [0.15, 0.2) is 57.9 Å². The van der Waals surface area contributed by atoms with E-state index in [0.29, 0.717) is 37.4 Å². The average Bonchev–Trinajstić information content (AvgIpc) is 3.40. The second-order valence-corrected chi connectivity index (χ2v) is 6.87. The Kier molecular flexibility index (Phi) is 4.97. The first-order chi connectivity index (χ1) is 13.6. The maximum absolute atomic E-state index is 12.7. The second kappa shape index (κ2) is 7.72. The van der Waals surface area contributed by atoms with E-state index in [2.05, 4.69) is 10.3 Å². The molecule has 0 bridgehead atoms. The molecule has 1 aromatic carbocycles. The van der Waals surface area contributed by atoms with Crippen LogP contribution >= 0.6 is 0 Å². The summed E-state index contributed by atoms with van der Waals surface area (Å²) in [6.07, 6.45) is 4.13. The number of nitrogens with zero attached hydrogens (tertiary/aromatic N) is 2. The highest BCUT2D eigenvalue weighted by molar-refractivity contribution is 5.95. The Morgan fingerprint density at radius 2 is 1.96 bits per heavy atom. The van der Waals surface area contributed by atoms with Crippen molar-refractivity contribution < 1.29 is 18.4 Å². The molecule has 0 unspecified atom stereocenters. The number of furan rings is 1. The van der Waals surface area contributed by atoms with Crippen molar-refractivity contribution in [2.75, 3.05) is 18.4 Å². The molecule has 1 N–H and O–H groups in total. The maximum Gasteiger partial charge on any atom is 0.276 e. The summed E-state index contributed by atoms with van der Waals surface area (Å²) in [5.41, 5.74) is 1.99. The van der Waals surface area contributed by atoms with E-state index in [-0.39, 0.29) is 17.7 Å². The van der Waals surface area contributed by atoms with Crippen molar-refractivity contribution in [3.05, 3.63) is 60.5 Å². The molecule has 3 aromatic rings. The zero-order valence-corrected chi connectivity index (χ0v) is 15.6. The van der Waals surface area contributed by atoms with Crippen molar-refractivity contribution in [3.63, 3.8) is 0 Å². The van der Waals surface area contributed by atoms with Crippen LogP contribution < -0.4 is 5.32 Å². The number of carbonyl (C=O) groups excluding carboxylic acids is 2. The number of anilines is 1. The number of carbonyl (C=O) groups is 2. The number of hydrogen-bond acceptors (Lipinski definition) is 5. The summed E-state index contributed by atoms with van der Waals surface area (Å²) >= 11 is 0. The molecule has 3 heterocycles. The summed E-state index contributed by atoms with van der Waals surface area (Å²) in [5.74, 6) is 0.972. The van der Waals surface area contributed by atoms with Crippen LogP contribution in [0, 0.1) is 12.8 Å². The number of piperidine rings is 1. The molecule has 7 nitrogen and oxygen atoms in total. The van der Waals surface area contributed by atoms with E-state index < -0.39 is 0 Å². The Hall–Kier alpha value is -3.35. The Balaban J connectivity index is 1.35. The third-order valence-electron chi connectivity index (χ3n) is 5.04. The summed E-state index contributed by atoms with van der Waals surface area (Å²) in [5, 5.41) is 2.98. The van der Waals surface area contributed by atoms with Gasteiger partial charge >= 0.3 is 0 Å². The number of oxazole rings is 1. The number of rotatable bonds is 4. The fourth-order valence-corrected chi connectivity index (χ4v) is 3.44. The van der Waals surface area contributed by atoms with E-state index in [4.69, 9.17) is 8.83 Å². The first-order valence-electron chi connectivity index (χ1n) is 9.26. The molecule has 28 heavy (non-hydrogen) atoms. The Bertz CT molecular complexity index is 969. The molecule has 1 saturated heterocycles. The smallest absolute Gasteiger partial charge is 0.276 e. The highest BCUT2D eigenvalue weighted by Crippen LogP contribution is 2.25. The number of aromatic nitrogens is 1. The molecule has 0 aliphatic carbocycles. The maximum atomic E-state index is 12.7. The van der Waals surface area contributed by atoms with E-state index in [1.54, 1.807) is 18.1 Å². The highest BCUT2D eigenvalue weighted by Gasteiger charge is 2.29. The zero-order chi connectivity index (χ0) is 19.5. The zero-order valence-electron chi connectivity index (χ0n) is 15.6. The minimum atomic E-state index is -0.142. The topological polar surface area (TPSA) is 88.6 Å². The van der Waals surface area contributed by atoms with Gasteiger partial charge in [0.15, 0.2) is 12.1 Å². The van der Waals surface area contributed by atoms with Gasteiger partial charge in [-0.1, -0.05) is 12.1 Å². The molecular formula is C21H21N3O4. The monoisotopic (exact) mass is 379 g/mol. The van der Waals surface area contributed by atoms with Crippen molar-refractivity contribution in [1.29, 1.82) is 0 Å². The second-order valence-electron chi connectivity index (χ2n) is 6.87. The van der Waals surface area contributed by atoms with E-state index >= 15 is 0 Å². The summed E-state index contributed by atoms with van der Waals surface area (Å²) < 4.78 is 10.5. The molecular weight excluding hydrogens is 358 g/mol. The first kappa shape index (κ1) is 18.0. The van der Waals surface area contributed by atoms with Crippen molar-refractivity contribution in [1.82, 2.24) is 9.88 Å².